The van der Waals surface area contributed by atoms with Crippen molar-refractivity contribution < 1.29 is 4.42 Å². The number of hydrogen-bond acceptors (Lipinski definition) is 6. The summed E-state index contributed by atoms with van der Waals surface area (Å²) in [6, 6.07) is 13.8. The Morgan fingerprint density at radius 1 is 0.966 bits per heavy atom. The molecule has 4 aromatic rings. The molecule has 0 spiro atoms. The van der Waals surface area contributed by atoms with Gasteiger partial charge in [0, 0.05) is 34.8 Å². The Bertz CT molecular complexity index is 1120. The maximum absolute atomic E-state index is 6.01. The van der Waals surface area contributed by atoms with Crippen molar-refractivity contribution in [2.24, 2.45) is 0 Å². The third-order valence-electron chi connectivity index (χ3n) is 5.16. The molecule has 0 saturated carbocycles. The topological polar surface area (TPSA) is 76.7 Å². The van der Waals surface area contributed by atoms with E-state index in [2.05, 4.69) is 15.3 Å². The van der Waals surface area contributed by atoms with E-state index in [9.17, 15) is 0 Å². The van der Waals surface area contributed by atoms with Gasteiger partial charge in [-0.1, -0.05) is 30.3 Å². The zero-order valence-electron chi connectivity index (χ0n) is 16.2. The summed E-state index contributed by atoms with van der Waals surface area (Å²) in [5.74, 6) is 2.96. The van der Waals surface area contributed by atoms with Gasteiger partial charge in [0.1, 0.15) is 11.9 Å². The minimum atomic E-state index is -0.117. The maximum atomic E-state index is 6.01. The fourth-order valence-electron chi connectivity index (χ4n) is 3.67. The number of nitrogens with one attached hydrogen (secondary N) is 1. The quantitative estimate of drug-likeness (QED) is 0.531. The highest BCUT2D eigenvalue weighted by Crippen LogP contribution is 2.31. The highest BCUT2D eigenvalue weighted by Gasteiger charge is 2.22. The zero-order valence-corrected chi connectivity index (χ0v) is 16.2. The van der Waals surface area contributed by atoms with Gasteiger partial charge in [0.15, 0.2) is 11.6 Å². The Labute approximate surface area is 169 Å². The van der Waals surface area contributed by atoms with Crippen molar-refractivity contribution in [3.8, 4) is 22.7 Å². The number of fused-ring (bicyclic) bond motifs is 1. The summed E-state index contributed by atoms with van der Waals surface area (Å²) >= 11 is 0. The lowest BCUT2D eigenvalue weighted by Crippen LogP contribution is -2.12. The van der Waals surface area contributed by atoms with Gasteiger partial charge in [-0.05, 0) is 38.3 Å². The molecule has 6 heteroatoms. The Morgan fingerprint density at radius 2 is 1.83 bits per heavy atom. The minimum absolute atomic E-state index is 0.117. The molecule has 6 nitrogen and oxygen atoms in total. The lowest BCUT2D eigenvalue weighted by Gasteiger charge is -2.15. The Balaban J connectivity index is 1.44. The van der Waals surface area contributed by atoms with E-state index in [0.717, 1.165) is 47.7 Å². The fraction of sp³-hybridized carbons (Fsp3) is 0.217. The van der Waals surface area contributed by atoms with Gasteiger partial charge in [-0.3, -0.25) is 4.98 Å². The molecular formula is C23H21N5O. The SMILES string of the molecule is CC(Nc1nc(-c2cccnc2)nc2c1CCC2)c1ncc(-c2ccccc2)o1. The first-order chi connectivity index (χ1) is 14.3. The first kappa shape index (κ1) is 17.6. The third kappa shape index (κ3) is 3.49. The lowest BCUT2D eigenvalue weighted by molar-refractivity contribution is 0.485. The standard InChI is InChI=1S/C23H21N5O/c1-15(23-25-14-20(29-23)16-7-3-2-4-8-16)26-22-18-10-5-11-19(18)27-21(28-22)17-9-6-12-24-13-17/h2-4,6-9,12-15H,5,10-11H2,1H3,(H,26,27,28). The van der Waals surface area contributed by atoms with E-state index in [0.29, 0.717) is 11.7 Å². The summed E-state index contributed by atoms with van der Waals surface area (Å²) < 4.78 is 6.01. The summed E-state index contributed by atoms with van der Waals surface area (Å²) in [6.45, 7) is 2.04. The number of rotatable bonds is 5. The van der Waals surface area contributed by atoms with E-state index in [1.807, 2.05) is 49.4 Å². The van der Waals surface area contributed by atoms with E-state index in [4.69, 9.17) is 14.4 Å². The van der Waals surface area contributed by atoms with Gasteiger partial charge < -0.3 is 9.73 Å². The van der Waals surface area contributed by atoms with Gasteiger partial charge in [-0.15, -0.1) is 0 Å². The van der Waals surface area contributed by atoms with E-state index >= 15 is 0 Å². The van der Waals surface area contributed by atoms with Crippen molar-refractivity contribution in [1.82, 2.24) is 19.9 Å². The highest BCUT2D eigenvalue weighted by molar-refractivity contribution is 5.60. The molecule has 1 aliphatic carbocycles. The number of oxazole rings is 1. The monoisotopic (exact) mass is 383 g/mol. The molecule has 0 saturated heterocycles. The second-order valence-electron chi connectivity index (χ2n) is 7.21. The Hall–Kier alpha value is -3.54. The molecule has 0 aliphatic heterocycles. The van der Waals surface area contributed by atoms with Crippen molar-refractivity contribution >= 4 is 5.82 Å². The van der Waals surface area contributed by atoms with Crippen molar-refractivity contribution in [1.29, 1.82) is 0 Å². The van der Waals surface area contributed by atoms with E-state index in [1.165, 1.54) is 5.56 Å². The Morgan fingerprint density at radius 3 is 2.66 bits per heavy atom. The fourth-order valence-corrected chi connectivity index (χ4v) is 3.67. The van der Waals surface area contributed by atoms with Crippen LogP contribution in [0.4, 0.5) is 5.82 Å². The number of benzene rings is 1. The first-order valence-corrected chi connectivity index (χ1v) is 9.86. The summed E-state index contributed by atoms with van der Waals surface area (Å²) in [5, 5.41) is 3.51. The number of aromatic nitrogens is 4. The van der Waals surface area contributed by atoms with Crippen LogP contribution in [0.2, 0.25) is 0 Å². The summed E-state index contributed by atoms with van der Waals surface area (Å²) in [5.41, 5.74) is 4.24. The van der Waals surface area contributed by atoms with Gasteiger partial charge in [-0.25, -0.2) is 15.0 Å². The molecule has 29 heavy (non-hydrogen) atoms. The van der Waals surface area contributed by atoms with Crippen LogP contribution in [0.3, 0.4) is 0 Å². The van der Waals surface area contributed by atoms with Crippen LogP contribution in [0.15, 0.2) is 65.5 Å². The second-order valence-corrected chi connectivity index (χ2v) is 7.21. The number of pyridine rings is 1. The summed E-state index contributed by atoms with van der Waals surface area (Å²) in [6.07, 6.45) is 8.38. The number of nitrogens with zero attached hydrogens (tertiary/aromatic N) is 4. The maximum Gasteiger partial charge on any atom is 0.217 e. The number of anilines is 1. The molecular weight excluding hydrogens is 362 g/mol. The largest absolute Gasteiger partial charge is 0.438 e. The number of hydrogen-bond donors (Lipinski definition) is 1. The molecule has 1 aromatic carbocycles. The van der Waals surface area contributed by atoms with Crippen molar-refractivity contribution in [2.45, 2.75) is 32.2 Å². The normalized spacial score (nSPS) is 13.8. The molecule has 0 fully saturated rings. The average Bonchev–Trinajstić information content (AvgIpc) is 3.45. The lowest BCUT2D eigenvalue weighted by atomic mass is 10.2. The summed E-state index contributed by atoms with van der Waals surface area (Å²) in [7, 11) is 0. The van der Waals surface area contributed by atoms with Crippen LogP contribution in [0.5, 0.6) is 0 Å². The van der Waals surface area contributed by atoms with Gasteiger partial charge in [0.25, 0.3) is 0 Å². The molecule has 1 N–H and O–H groups in total. The average molecular weight is 383 g/mol. The van der Waals surface area contributed by atoms with E-state index < -0.39 is 0 Å². The highest BCUT2D eigenvalue weighted by atomic mass is 16.4. The van der Waals surface area contributed by atoms with Gasteiger partial charge >= 0.3 is 0 Å². The van der Waals surface area contributed by atoms with Gasteiger partial charge in [-0.2, -0.15) is 0 Å². The molecule has 0 bridgehead atoms. The molecule has 0 amide bonds. The predicted molar refractivity (Wildman–Crippen MR) is 111 cm³/mol. The van der Waals surface area contributed by atoms with Crippen LogP contribution in [0.25, 0.3) is 22.7 Å². The van der Waals surface area contributed by atoms with E-state index in [-0.39, 0.29) is 6.04 Å². The van der Waals surface area contributed by atoms with Crippen molar-refractivity contribution in [3.63, 3.8) is 0 Å². The molecule has 3 heterocycles. The van der Waals surface area contributed by atoms with Crippen LogP contribution in [0, 0.1) is 0 Å². The van der Waals surface area contributed by atoms with Crippen LogP contribution in [-0.4, -0.2) is 19.9 Å². The summed E-state index contributed by atoms with van der Waals surface area (Å²) in [4.78, 5) is 18.3. The number of aryl methyl sites for hydroxylation is 1. The molecule has 5 rings (SSSR count). The molecule has 1 unspecified atom stereocenters. The first-order valence-electron chi connectivity index (χ1n) is 9.86. The second kappa shape index (κ2) is 7.47. The molecule has 1 aliphatic rings. The predicted octanol–water partition coefficient (Wildman–Crippen LogP) is 4.86. The van der Waals surface area contributed by atoms with Crippen molar-refractivity contribution in [2.75, 3.05) is 5.32 Å². The molecule has 144 valence electrons. The van der Waals surface area contributed by atoms with Crippen LogP contribution >= 0.6 is 0 Å². The van der Waals surface area contributed by atoms with Gasteiger partial charge in [0.05, 0.1) is 6.20 Å². The van der Waals surface area contributed by atoms with Crippen LogP contribution in [-0.2, 0) is 12.8 Å². The molecule has 3 aromatic heterocycles. The van der Waals surface area contributed by atoms with Crippen LogP contribution < -0.4 is 5.32 Å². The molecule has 0 radical (unpaired) electrons. The third-order valence-corrected chi connectivity index (χ3v) is 5.16. The molecule has 1 atom stereocenters. The van der Waals surface area contributed by atoms with Crippen molar-refractivity contribution in [3.05, 3.63) is 78.2 Å². The zero-order chi connectivity index (χ0) is 19.6. The smallest absolute Gasteiger partial charge is 0.217 e. The minimum Gasteiger partial charge on any atom is -0.438 e. The van der Waals surface area contributed by atoms with Crippen LogP contribution in [0.1, 0.15) is 36.5 Å². The van der Waals surface area contributed by atoms with Gasteiger partial charge in [0.2, 0.25) is 5.89 Å². The Kier molecular flexibility index (Phi) is 4.52. The van der Waals surface area contributed by atoms with E-state index in [1.54, 1.807) is 18.6 Å².